The summed E-state index contributed by atoms with van der Waals surface area (Å²) in [6.45, 7) is 0. The first-order valence-corrected chi connectivity index (χ1v) is 2.83. The average molecular weight is 141 g/mol. The van der Waals surface area contributed by atoms with E-state index in [0.29, 0.717) is 0 Å². The zero-order chi connectivity index (χ0) is 7.56. The van der Waals surface area contributed by atoms with Gasteiger partial charge in [0.25, 0.3) is 0 Å². The van der Waals surface area contributed by atoms with E-state index < -0.39 is 12.2 Å². The molecule has 0 aromatic heterocycles. The molecule has 0 bridgehead atoms. The van der Waals surface area contributed by atoms with Crippen LogP contribution >= 0.6 is 0 Å². The summed E-state index contributed by atoms with van der Waals surface area (Å²) in [6, 6.07) is 0. The van der Waals surface area contributed by atoms with Crippen LogP contribution in [0.1, 0.15) is 0 Å². The molecule has 0 fully saturated rings. The summed E-state index contributed by atoms with van der Waals surface area (Å²) in [6.07, 6.45) is 2.07. The number of allylic oxidation sites excluding steroid dienone is 2. The predicted octanol–water partition coefficient (Wildman–Crippen LogP) is -0.0717. The van der Waals surface area contributed by atoms with Gasteiger partial charge in [0.1, 0.15) is 17.9 Å². The topological polar surface area (TPSA) is 69.9 Å². The normalized spacial score (nSPS) is 31.6. The number of aliphatic hydroxyl groups is 2. The molecule has 0 aliphatic heterocycles. The SMILES string of the molecule is O=NC1=CC=CC(O)C1O. The lowest BCUT2D eigenvalue weighted by Crippen LogP contribution is -2.26. The Balaban J connectivity index is 2.81. The molecule has 0 aromatic rings. The van der Waals surface area contributed by atoms with Crippen molar-refractivity contribution < 1.29 is 10.2 Å². The van der Waals surface area contributed by atoms with E-state index in [4.69, 9.17) is 10.2 Å². The number of hydrogen-bond donors (Lipinski definition) is 2. The van der Waals surface area contributed by atoms with Crippen LogP contribution in [0, 0.1) is 4.91 Å². The molecule has 1 rings (SSSR count). The molecule has 0 amide bonds. The molecule has 10 heavy (non-hydrogen) atoms. The van der Waals surface area contributed by atoms with Gasteiger partial charge in [-0.1, -0.05) is 12.2 Å². The molecule has 54 valence electrons. The number of aliphatic hydroxyl groups excluding tert-OH is 2. The lowest BCUT2D eigenvalue weighted by Gasteiger charge is -2.15. The second kappa shape index (κ2) is 2.72. The summed E-state index contributed by atoms with van der Waals surface area (Å²) in [7, 11) is 0. The van der Waals surface area contributed by atoms with Crippen molar-refractivity contribution >= 4 is 0 Å². The molecule has 0 spiro atoms. The summed E-state index contributed by atoms with van der Waals surface area (Å²) in [4.78, 5) is 9.89. The summed E-state index contributed by atoms with van der Waals surface area (Å²) in [5.41, 5.74) is -0.0324. The van der Waals surface area contributed by atoms with Gasteiger partial charge in [-0.05, 0) is 11.3 Å². The third-order valence-corrected chi connectivity index (χ3v) is 1.31. The van der Waals surface area contributed by atoms with Crippen molar-refractivity contribution in [2.75, 3.05) is 0 Å². The first kappa shape index (κ1) is 7.11. The fourth-order valence-electron chi connectivity index (χ4n) is 0.731. The Labute approximate surface area is 57.5 Å². The molecule has 2 N–H and O–H groups in total. The second-order valence-electron chi connectivity index (χ2n) is 2.00. The van der Waals surface area contributed by atoms with Gasteiger partial charge in [-0.25, -0.2) is 0 Å². The van der Waals surface area contributed by atoms with Gasteiger partial charge in [0.15, 0.2) is 0 Å². The average Bonchev–Trinajstić information content (AvgIpc) is 1.95. The van der Waals surface area contributed by atoms with Crippen molar-refractivity contribution in [1.82, 2.24) is 0 Å². The quantitative estimate of drug-likeness (QED) is 0.502. The first-order chi connectivity index (χ1) is 4.75. The third-order valence-electron chi connectivity index (χ3n) is 1.31. The van der Waals surface area contributed by atoms with Gasteiger partial charge in [0, 0.05) is 0 Å². The van der Waals surface area contributed by atoms with Crippen LogP contribution in [0.5, 0.6) is 0 Å². The smallest absolute Gasteiger partial charge is 0.129 e. The van der Waals surface area contributed by atoms with E-state index in [1.165, 1.54) is 18.2 Å². The van der Waals surface area contributed by atoms with E-state index in [9.17, 15) is 4.91 Å². The van der Waals surface area contributed by atoms with Crippen molar-refractivity contribution in [3.63, 3.8) is 0 Å². The van der Waals surface area contributed by atoms with E-state index in [-0.39, 0.29) is 5.70 Å². The fourth-order valence-corrected chi connectivity index (χ4v) is 0.731. The number of hydrogen-bond acceptors (Lipinski definition) is 4. The van der Waals surface area contributed by atoms with Crippen LogP contribution in [-0.4, -0.2) is 22.4 Å². The monoisotopic (exact) mass is 141 g/mol. The molecule has 4 nitrogen and oxygen atoms in total. The van der Waals surface area contributed by atoms with Gasteiger partial charge in [-0.2, -0.15) is 0 Å². The van der Waals surface area contributed by atoms with Gasteiger partial charge in [0.05, 0.1) is 0 Å². The van der Waals surface area contributed by atoms with Crippen molar-refractivity contribution in [2.45, 2.75) is 12.2 Å². The van der Waals surface area contributed by atoms with E-state index in [1.807, 2.05) is 0 Å². The third kappa shape index (κ3) is 1.12. The highest BCUT2D eigenvalue weighted by Gasteiger charge is 2.20. The molecule has 2 atom stereocenters. The minimum atomic E-state index is -1.16. The zero-order valence-corrected chi connectivity index (χ0v) is 5.14. The molecule has 0 radical (unpaired) electrons. The molecule has 1 aliphatic carbocycles. The number of nitrogens with zero attached hydrogens (tertiary/aromatic N) is 1. The molecule has 2 unspecified atom stereocenters. The molecule has 0 aromatic carbocycles. The van der Waals surface area contributed by atoms with Crippen LogP contribution in [0.2, 0.25) is 0 Å². The highest BCUT2D eigenvalue weighted by Crippen LogP contribution is 2.13. The van der Waals surface area contributed by atoms with Crippen LogP contribution in [-0.2, 0) is 0 Å². The van der Waals surface area contributed by atoms with Crippen LogP contribution in [0.25, 0.3) is 0 Å². The maximum atomic E-state index is 9.89. The van der Waals surface area contributed by atoms with Crippen LogP contribution in [0.3, 0.4) is 0 Å². The maximum Gasteiger partial charge on any atom is 0.129 e. The van der Waals surface area contributed by atoms with Gasteiger partial charge in [-0.3, -0.25) is 0 Å². The Kier molecular flexibility index (Phi) is 1.94. The molecule has 0 heterocycles. The van der Waals surface area contributed by atoms with E-state index in [2.05, 4.69) is 5.18 Å². The molecule has 0 saturated carbocycles. The number of rotatable bonds is 1. The summed E-state index contributed by atoms with van der Waals surface area (Å²) < 4.78 is 0. The highest BCUT2D eigenvalue weighted by molar-refractivity contribution is 5.24. The van der Waals surface area contributed by atoms with Crippen molar-refractivity contribution in [3.05, 3.63) is 28.8 Å². The molecular weight excluding hydrogens is 134 g/mol. The zero-order valence-electron chi connectivity index (χ0n) is 5.14. The first-order valence-electron chi connectivity index (χ1n) is 2.83. The lowest BCUT2D eigenvalue weighted by atomic mass is 10.1. The van der Waals surface area contributed by atoms with E-state index >= 15 is 0 Å². The Morgan fingerprint density at radius 1 is 1.50 bits per heavy atom. The molecular formula is C6H7NO3. The molecule has 0 saturated heterocycles. The highest BCUT2D eigenvalue weighted by atomic mass is 16.3. The standard InChI is InChI=1S/C6H7NO3/c8-5-3-1-2-4(7-10)6(5)9/h1-3,5-6,8-9H. The van der Waals surface area contributed by atoms with E-state index in [1.54, 1.807) is 0 Å². The van der Waals surface area contributed by atoms with Gasteiger partial charge in [0.2, 0.25) is 0 Å². The van der Waals surface area contributed by atoms with Crippen molar-refractivity contribution in [3.8, 4) is 0 Å². The largest absolute Gasteiger partial charge is 0.386 e. The molecule has 4 heteroatoms. The summed E-state index contributed by atoms with van der Waals surface area (Å²) in [5, 5.41) is 20.4. The summed E-state index contributed by atoms with van der Waals surface area (Å²) in [5.74, 6) is 0. The van der Waals surface area contributed by atoms with Crippen LogP contribution in [0.15, 0.2) is 29.1 Å². The van der Waals surface area contributed by atoms with E-state index in [0.717, 1.165) is 0 Å². The van der Waals surface area contributed by atoms with Gasteiger partial charge < -0.3 is 10.2 Å². The molecule has 1 aliphatic rings. The van der Waals surface area contributed by atoms with Gasteiger partial charge in [-0.15, -0.1) is 4.91 Å². The maximum absolute atomic E-state index is 9.89. The fraction of sp³-hybridized carbons (Fsp3) is 0.333. The summed E-state index contributed by atoms with van der Waals surface area (Å²) >= 11 is 0. The second-order valence-corrected chi connectivity index (χ2v) is 2.00. The predicted molar refractivity (Wildman–Crippen MR) is 35.0 cm³/mol. The number of nitroso groups, excluding NO2 is 1. The van der Waals surface area contributed by atoms with Crippen molar-refractivity contribution in [2.24, 2.45) is 5.18 Å². The van der Waals surface area contributed by atoms with Gasteiger partial charge >= 0.3 is 0 Å². The Morgan fingerprint density at radius 3 is 2.70 bits per heavy atom. The minimum Gasteiger partial charge on any atom is -0.386 e. The lowest BCUT2D eigenvalue weighted by molar-refractivity contribution is 0.0706. The Bertz CT molecular complexity index is 197. The Hall–Kier alpha value is -1.00. The van der Waals surface area contributed by atoms with Crippen LogP contribution in [0.4, 0.5) is 0 Å². The Morgan fingerprint density at radius 2 is 2.20 bits per heavy atom. The van der Waals surface area contributed by atoms with Crippen molar-refractivity contribution in [1.29, 1.82) is 0 Å². The minimum absolute atomic E-state index is 0.0324. The van der Waals surface area contributed by atoms with Crippen LogP contribution < -0.4 is 0 Å².